The van der Waals surface area contributed by atoms with E-state index in [-0.39, 0.29) is 0 Å². The van der Waals surface area contributed by atoms with Gasteiger partial charge in [-0.1, -0.05) is 40.4 Å². The largest absolute Gasteiger partial charge is 0.349 e. The molecule has 1 heterocycles. The predicted octanol–water partition coefficient (Wildman–Crippen LogP) is 2.78. The molecule has 7 heteroatoms. The van der Waals surface area contributed by atoms with Crippen molar-refractivity contribution in [2.45, 2.75) is 13.1 Å². The van der Waals surface area contributed by atoms with Crippen LogP contribution in [0.4, 0.5) is 5.95 Å². The summed E-state index contributed by atoms with van der Waals surface area (Å²) in [5, 5.41) is 15.5. The lowest BCUT2D eigenvalue weighted by atomic mass is 10.2. The third-order valence-electron chi connectivity index (χ3n) is 2.27. The van der Waals surface area contributed by atoms with Crippen LogP contribution in [0.5, 0.6) is 0 Å². The molecule has 0 aliphatic carbocycles. The van der Waals surface area contributed by atoms with Crippen molar-refractivity contribution in [3.05, 3.63) is 46.5 Å². The van der Waals surface area contributed by atoms with Gasteiger partial charge in [-0.15, -0.1) is 6.58 Å². The van der Waals surface area contributed by atoms with Gasteiger partial charge in [-0.3, -0.25) is 0 Å². The Morgan fingerprint density at radius 3 is 2.89 bits per heavy atom. The fraction of sp³-hybridized carbons (Fsp3) is 0.182. The van der Waals surface area contributed by atoms with Crippen LogP contribution < -0.4 is 5.32 Å². The van der Waals surface area contributed by atoms with Crippen LogP contribution in [0.25, 0.3) is 0 Å². The monoisotopic (exact) mass is 283 g/mol. The third-order valence-corrected chi connectivity index (χ3v) is 3.01. The van der Waals surface area contributed by atoms with Crippen molar-refractivity contribution in [2.75, 3.05) is 5.32 Å². The summed E-state index contributed by atoms with van der Waals surface area (Å²) in [6.07, 6.45) is 1.72. The molecule has 0 bridgehead atoms. The van der Waals surface area contributed by atoms with Crippen molar-refractivity contribution < 1.29 is 0 Å². The average Bonchev–Trinajstić information content (AvgIpc) is 2.79. The zero-order valence-corrected chi connectivity index (χ0v) is 11.0. The zero-order valence-electron chi connectivity index (χ0n) is 9.48. The lowest BCUT2D eigenvalue weighted by Gasteiger charge is -2.06. The molecule has 5 nitrogen and oxygen atoms in total. The van der Waals surface area contributed by atoms with Crippen LogP contribution in [0.3, 0.4) is 0 Å². The molecule has 1 aromatic heterocycles. The van der Waals surface area contributed by atoms with Gasteiger partial charge in [0.2, 0.25) is 5.95 Å². The third kappa shape index (κ3) is 3.00. The predicted molar refractivity (Wildman–Crippen MR) is 71.8 cm³/mol. The molecule has 0 saturated carbocycles. The van der Waals surface area contributed by atoms with Crippen LogP contribution in [0.2, 0.25) is 10.0 Å². The van der Waals surface area contributed by atoms with Crippen LogP contribution >= 0.6 is 23.2 Å². The van der Waals surface area contributed by atoms with E-state index in [1.807, 2.05) is 6.07 Å². The normalized spacial score (nSPS) is 10.3. The summed E-state index contributed by atoms with van der Waals surface area (Å²) in [7, 11) is 0. The summed E-state index contributed by atoms with van der Waals surface area (Å²) in [6, 6.07) is 5.45. The quantitative estimate of drug-likeness (QED) is 0.858. The van der Waals surface area contributed by atoms with Gasteiger partial charge in [0.05, 0.1) is 16.6 Å². The highest BCUT2D eigenvalue weighted by atomic mass is 35.5. The summed E-state index contributed by atoms with van der Waals surface area (Å²) in [5.74, 6) is 0.584. The van der Waals surface area contributed by atoms with Gasteiger partial charge in [0.15, 0.2) is 0 Å². The van der Waals surface area contributed by atoms with Crippen LogP contribution in [0.15, 0.2) is 30.9 Å². The molecule has 0 fully saturated rings. The van der Waals surface area contributed by atoms with E-state index in [2.05, 4.69) is 27.4 Å². The summed E-state index contributed by atoms with van der Waals surface area (Å²) in [5.41, 5.74) is 0.998. The molecular formula is C11H11Cl2N5. The molecule has 0 amide bonds. The van der Waals surface area contributed by atoms with Gasteiger partial charge in [0, 0.05) is 6.54 Å². The fourth-order valence-electron chi connectivity index (χ4n) is 1.41. The van der Waals surface area contributed by atoms with Gasteiger partial charge in [-0.25, -0.2) is 4.68 Å². The molecule has 0 saturated heterocycles. The first kappa shape index (κ1) is 12.9. The van der Waals surface area contributed by atoms with E-state index in [0.717, 1.165) is 5.56 Å². The van der Waals surface area contributed by atoms with Crippen molar-refractivity contribution in [3.8, 4) is 0 Å². The molecule has 2 aromatic rings. The van der Waals surface area contributed by atoms with Crippen molar-refractivity contribution >= 4 is 29.2 Å². The number of halogens is 2. The highest BCUT2D eigenvalue weighted by molar-refractivity contribution is 6.42. The smallest absolute Gasteiger partial charge is 0.243 e. The zero-order chi connectivity index (χ0) is 13.0. The Morgan fingerprint density at radius 2 is 2.17 bits per heavy atom. The van der Waals surface area contributed by atoms with E-state index in [0.29, 0.717) is 29.1 Å². The number of nitrogens with zero attached hydrogens (tertiary/aromatic N) is 4. The minimum absolute atomic E-state index is 0.529. The standard InChI is InChI=1S/C11H11Cl2N5/c1-2-5-18-11(15-16-17-18)14-7-8-3-4-9(12)10(13)6-8/h2-4,6H,1,5,7H2,(H,14,15,17). The summed E-state index contributed by atoms with van der Waals surface area (Å²) < 4.78 is 1.62. The van der Waals surface area contributed by atoms with Gasteiger partial charge in [-0.2, -0.15) is 0 Å². The number of nitrogens with one attached hydrogen (secondary N) is 1. The summed E-state index contributed by atoms with van der Waals surface area (Å²) >= 11 is 11.8. The average molecular weight is 284 g/mol. The van der Waals surface area contributed by atoms with Gasteiger partial charge in [0.1, 0.15) is 0 Å². The van der Waals surface area contributed by atoms with Gasteiger partial charge >= 0.3 is 0 Å². The summed E-state index contributed by atoms with van der Waals surface area (Å²) in [4.78, 5) is 0. The number of allylic oxidation sites excluding steroid dienone is 1. The Labute approximate surface area is 114 Å². The molecule has 0 aliphatic rings. The molecule has 0 atom stereocenters. The summed E-state index contributed by atoms with van der Waals surface area (Å²) in [6.45, 7) is 4.76. The number of anilines is 1. The lowest BCUT2D eigenvalue weighted by Crippen LogP contribution is -2.08. The van der Waals surface area contributed by atoms with E-state index in [9.17, 15) is 0 Å². The maximum Gasteiger partial charge on any atom is 0.243 e. The number of rotatable bonds is 5. The second-order valence-corrected chi connectivity index (χ2v) is 4.39. The van der Waals surface area contributed by atoms with E-state index >= 15 is 0 Å². The molecule has 1 N–H and O–H groups in total. The number of aromatic nitrogens is 4. The molecule has 2 rings (SSSR count). The second kappa shape index (κ2) is 5.84. The molecule has 0 spiro atoms. The van der Waals surface area contributed by atoms with Crippen LogP contribution in [-0.4, -0.2) is 20.2 Å². The Bertz CT molecular complexity index is 552. The number of benzene rings is 1. The Balaban J connectivity index is 2.04. The lowest BCUT2D eigenvalue weighted by molar-refractivity contribution is 0.663. The van der Waals surface area contributed by atoms with E-state index < -0.39 is 0 Å². The number of hydrogen-bond donors (Lipinski definition) is 1. The molecule has 0 radical (unpaired) electrons. The topological polar surface area (TPSA) is 55.6 Å². The van der Waals surface area contributed by atoms with E-state index in [4.69, 9.17) is 23.2 Å². The Hall–Kier alpha value is -1.59. The maximum atomic E-state index is 5.94. The van der Waals surface area contributed by atoms with Gasteiger partial charge in [0.25, 0.3) is 0 Å². The molecule has 1 aromatic carbocycles. The molecule has 0 aliphatic heterocycles. The molecular weight excluding hydrogens is 273 g/mol. The minimum atomic E-state index is 0.529. The second-order valence-electron chi connectivity index (χ2n) is 3.58. The van der Waals surface area contributed by atoms with Crippen LogP contribution in [0, 0.1) is 0 Å². The molecule has 0 unspecified atom stereocenters. The molecule has 94 valence electrons. The van der Waals surface area contributed by atoms with Crippen LogP contribution in [0.1, 0.15) is 5.56 Å². The van der Waals surface area contributed by atoms with Crippen molar-refractivity contribution in [2.24, 2.45) is 0 Å². The Kier molecular flexibility index (Phi) is 4.17. The van der Waals surface area contributed by atoms with Gasteiger partial charge < -0.3 is 5.32 Å². The van der Waals surface area contributed by atoms with E-state index in [1.54, 1.807) is 22.9 Å². The van der Waals surface area contributed by atoms with Crippen molar-refractivity contribution in [1.82, 2.24) is 20.2 Å². The number of tetrazole rings is 1. The highest BCUT2D eigenvalue weighted by Crippen LogP contribution is 2.22. The first-order chi connectivity index (χ1) is 8.70. The Morgan fingerprint density at radius 1 is 1.33 bits per heavy atom. The van der Waals surface area contributed by atoms with Gasteiger partial charge in [-0.05, 0) is 28.1 Å². The van der Waals surface area contributed by atoms with Crippen LogP contribution in [-0.2, 0) is 13.1 Å². The highest BCUT2D eigenvalue weighted by Gasteiger charge is 2.04. The SMILES string of the molecule is C=CCn1nnnc1NCc1ccc(Cl)c(Cl)c1. The first-order valence-electron chi connectivity index (χ1n) is 5.25. The van der Waals surface area contributed by atoms with Crippen molar-refractivity contribution in [3.63, 3.8) is 0 Å². The number of hydrogen-bond acceptors (Lipinski definition) is 4. The maximum absolute atomic E-state index is 5.94. The van der Waals surface area contributed by atoms with Crippen molar-refractivity contribution in [1.29, 1.82) is 0 Å². The fourth-order valence-corrected chi connectivity index (χ4v) is 1.73. The first-order valence-corrected chi connectivity index (χ1v) is 6.01. The van der Waals surface area contributed by atoms with E-state index in [1.165, 1.54) is 0 Å². The minimum Gasteiger partial charge on any atom is -0.349 e. The molecule has 18 heavy (non-hydrogen) atoms.